The number of aryl methyl sites for hydroxylation is 2. The number of nitrogens with zero attached hydrogens (tertiary/aromatic N) is 3. The zero-order chi connectivity index (χ0) is 17.9. The molecule has 1 aromatic heterocycles. The van der Waals surface area contributed by atoms with Crippen molar-refractivity contribution in [1.82, 2.24) is 9.78 Å². The lowest BCUT2D eigenvalue weighted by atomic mass is 10.2. The average Bonchev–Trinajstić information content (AvgIpc) is 2.76. The van der Waals surface area contributed by atoms with E-state index in [1.54, 1.807) is 36.7 Å². The Hall–Kier alpha value is -2.12. The minimum atomic E-state index is -0.441. The molecule has 128 valence electrons. The molecule has 1 aromatic carbocycles. The number of carbonyl (C=O) groups excluding carboxylic acids is 1. The highest BCUT2D eigenvalue weighted by atomic mass is 35.5. The van der Waals surface area contributed by atoms with Gasteiger partial charge in [-0.3, -0.25) is 19.6 Å². The van der Waals surface area contributed by atoms with E-state index < -0.39 is 4.92 Å². The van der Waals surface area contributed by atoms with Gasteiger partial charge in [-0.15, -0.1) is 0 Å². The first-order chi connectivity index (χ1) is 11.3. The molecule has 0 saturated heterocycles. The summed E-state index contributed by atoms with van der Waals surface area (Å²) in [4.78, 5) is 22.5. The van der Waals surface area contributed by atoms with Crippen molar-refractivity contribution in [3.63, 3.8) is 0 Å². The molecule has 0 aliphatic rings. The van der Waals surface area contributed by atoms with E-state index in [4.69, 9.17) is 23.2 Å². The summed E-state index contributed by atoms with van der Waals surface area (Å²) in [5, 5.41) is 18.7. The van der Waals surface area contributed by atoms with E-state index in [1.807, 2.05) is 0 Å². The van der Waals surface area contributed by atoms with Crippen molar-refractivity contribution < 1.29 is 9.72 Å². The SMILES string of the molecule is Cc1nn(CCCC(=O)Nc2ccc(Cl)cc2Cl)c(C)c1[N+](=O)[O-]. The molecule has 0 fully saturated rings. The van der Waals surface area contributed by atoms with Gasteiger partial charge in [-0.25, -0.2) is 0 Å². The predicted molar refractivity (Wildman–Crippen MR) is 92.7 cm³/mol. The van der Waals surface area contributed by atoms with Gasteiger partial charge < -0.3 is 5.32 Å². The number of hydrogen-bond donors (Lipinski definition) is 1. The van der Waals surface area contributed by atoms with Crippen molar-refractivity contribution in [2.75, 3.05) is 5.32 Å². The summed E-state index contributed by atoms with van der Waals surface area (Å²) < 4.78 is 1.55. The van der Waals surface area contributed by atoms with E-state index in [1.165, 1.54) is 0 Å². The summed E-state index contributed by atoms with van der Waals surface area (Å²) in [7, 11) is 0. The molecule has 24 heavy (non-hydrogen) atoms. The summed E-state index contributed by atoms with van der Waals surface area (Å²) in [5.74, 6) is -0.199. The zero-order valence-corrected chi connectivity index (χ0v) is 14.7. The molecule has 0 aliphatic carbocycles. The molecule has 2 aromatic rings. The lowest BCUT2D eigenvalue weighted by Gasteiger charge is -2.08. The number of anilines is 1. The maximum absolute atomic E-state index is 12.0. The van der Waals surface area contributed by atoms with E-state index in [9.17, 15) is 14.9 Å². The molecule has 0 radical (unpaired) electrons. The Morgan fingerprint density at radius 3 is 2.67 bits per heavy atom. The number of hydrogen-bond acceptors (Lipinski definition) is 4. The Labute approximate surface area is 148 Å². The van der Waals surface area contributed by atoms with Crippen LogP contribution >= 0.6 is 23.2 Å². The normalized spacial score (nSPS) is 10.7. The number of amides is 1. The van der Waals surface area contributed by atoms with E-state index in [0.717, 1.165) is 0 Å². The number of nitrogens with one attached hydrogen (secondary N) is 1. The molecule has 9 heteroatoms. The topological polar surface area (TPSA) is 90.1 Å². The van der Waals surface area contributed by atoms with Crippen LogP contribution in [0.15, 0.2) is 18.2 Å². The lowest BCUT2D eigenvalue weighted by Crippen LogP contribution is -2.13. The summed E-state index contributed by atoms with van der Waals surface area (Å²) in [6, 6.07) is 4.82. The second kappa shape index (κ2) is 7.63. The summed E-state index contributed by atoms with van der Waals surface area (Å²) in [6.07, 6.45) is 0.737. The molecule has 0 unspecified atom stereocenters. The van der Waals surface area contributed by atoms with Crippen LogP contribution in [0.5, 0.6) is 0 Å². The fourth-order valence-electron chi connectivity index (χ4n) is 2.36. The maximum Gasteiger partial charge on any atom is 0.312 e. The molecular formula is C15H16Cl2N4O3. The molecule has 1 heterocycles. The van der Waals surface area contributed by atoms with Crippen molar-refractivity contribution in [1.29, 1.82) is 0 Å². The summed E-state index contributed by atoms with van der Waals surface area (Å²) in [5.41, 5.74) is 1.37. The molecule has 0 saturated carbocycles. The Morgan fingerprint density at radius 1 is 1.38 bits per heavy atom. The molecular weight excluding hydrogens is 355 g/mol. The van der Waals surface area contributed by atoms with Crippen LogP contribution in [0.4, 0.5) is 11.4 Å². The summed E-state index contributed by atoms with van der Waals surface area (Å²) >= 11 is 11.8. The fraction of sp³-hybridized carbons (Fsp3) is 0.333. The molecule has 0 aliphatic heterocycles. The Bertz CT molecular complexity index is 789. The second-order valence-electron chi connectivity index (χ2n) is 5.28. The van der Waals surface area contributed by atoms with Crippen LogP contribution in [0.3, 0.4) is 0 Å². The fourth-order valence-corrected chi connectivity index (χ4v) is 2.82. The van der Waals surface area contributed by atoms with Crippen LogP contribution in [-0.2, 0) is 11.3 Å². The van der Waals surface area contributed by atoms with E-state index in [-0.39, 0.29) is 18.0 Å². The Balaban J connectivity index is 1.91. The van der Waals surface area contributed by atoms with Crippen molar-refractivity contribution in [3.05, 3.63) is 49.7 Å². The Morgan fingerprint density at radius 2 is 2.08 bits per heavy atom. The predicted octanol–water partition coefficient (Wildman–Crippen LogP) is 4.13. The first-order valence-electron chi connectivity index (χ1n) is 7.23. The summed E-state index contributed by atoms with van der Waals surface area (Å²) in [6.45, 7) is 3.66. The van der Waals surface area contributed by atoms with Gasteiger partial charge in [-0.2, -0.15) is 5.10 Å². The van der Waals surface area contributed by atoms with E-state index >= 15 is 0 Å². The smallest absolute Gasteiger partial charge is 0.312 e. The van der Waals surface area contributed by atoms with Gasteiger partial charge in [0, 0.05) is 18.0 Å². The van der Waals surface area contributed by atoms with Gasteiger partial charge in [0.1, 0.15) is 11.4 Å². The molecule has 0 spiro atoms. The highest BCUT2D eigenvalue weighted by molar-refractivity contribution is 6.36. The molecule has 2 rings (SSSR count). The highest BCUT2D eigenvalue weighted by Gasteiger charge is 2.21. The van der Waals surface area contributed by atoms with Crippen LogP contribution in [0.2, 0.25) is 10.0 Å². The van der Waals surface area contributed by atoms with Crippen LogP contribution < -0.4 is 5.32 Å². The largest absolute Gasteiger partial charge is 0.325 e. The minimum absolute atomic E-state index is 0.0207. The second-order valence-corrected chi connectivity index (χ2v) is 6.12. The van der Waals surface area contributed by atoms with Gasteiger partial charge in [0.05, 0.1) is 15.6 Å². The van der Waals surface area contributed by atoms with E-state index in [2.05, 4.69) is 10.4 Å². The standard InChI is InChI=1S/C15H16Cl2N4O3/c1-9-15(21(23)24)10(2)20(19-9)7-3-4-14(22)18-13-6-5-11(16)8-12(13)17/h5-6,8H,3-4,7H2,1-2H3,(H,18,22). The number of carbonyl (C=O) groups is 1. The van der Waals surface area contributed by atoms with E-state index in [0.29, 0.717) is 40.1 Å². The van der Waals surface area contributed by atoms with Crippen molar-refractivity contribution in [2.45, 2.75) is 33.2 Å². The first kappa shape index (κ1) is 18.2. The quantitative estimate of drug-likeness (QED) is 0.611. The number of benzene rings is 1. The molecule has 7 nitrogen and oxygen atoms in total. The molecule has 0 bridgehead atoms. The molecule has 0 atom stereocenters. The third kappa shape index (κ3) is 4.24. The van der Waals surface area contributed by atoms with Gasteiger partial charge in [0.15, 0.2) is 0 Å². The highest BCUT2D eigenvalue weighted by Crippen LogP contribution is 2.25. The average molecular weight is 371 g/mol. The molecule has 1 N–H and O–H groups in total. The van der Waals surface area contributed by atoms with Crippen LogP contribution in [0.1, 0.15) is 24.2 Å². The number of aromatic nitrogens is 2. The van der Waals surface area contributed by atoms with Crippen LogP contribution in [-0.4, -0.2) is 20.6 Å². The first-order valence-corrected chi connectivity index (χ1v) is 7.98. The van der Waals surface area contributed by atoms with Gasteiger partial charge in [0.2, 0.25) is 5.91 Å². The van der Waals surface area contributed by atoms with Crippen molar-refractivity contribution in [3.8, 4) is 0 Å². The maximum atomic E-state index is 12.0. The van der Waals surface area contributed by atoms with Gasteiger partial charge in [-0.05, 0) is 38.5 Å². The van der Waals surface area contributed by atoms with Crippen molar-refractivity contribution >= 4 is 40.5 Å². The van der Waals surface area contributed by atoms with Crippen LogP contribution in [0, 0.1) is 24.0 Å². The number of rotatable bonds is 6. The van der Waals surface area contributed by atoms with Gasteiger partial charge in [-0.1, -0.05) is 23.2 Å². The number of halogens is 2. The lowest BCUT2D eigenvalue weighted by molar-refractivity contribution is -0.386. The zero-order valence-electron chi connectivity index (χ0n) is 13.2. The third-order valence-corrected chi connectivity index (χ3v) is 4.05. The third-order valence-electron chi connectivity index (χ3n) is 3.50. The minimum Gasteiger partial charge on any atom is -0.325 e. The van der Waals surface area contributed by atoms with Crippen molar-refractivity contribution in [2.24, 2.45) is 0 Å². The monoisotopic (exact) mass is 370 g/mol. The Kier molecular flexibility index (Phi) is 5.80. The molecule has 1 amide bonds. The number of nitro groups is 1. The van der Waals surface area contributed by atoms with Gasteiger partial charge >= 0.3 is 5.69 Å². The van der Waals surface area contributed by atoms with Gasteiger partial charge in [0.25, 0.3) is 0 Å². The van der Waals surface area contributed by atoms with Crippen LogP contribution in [0.25, 0.3) is 0 Å².